The van der Waals surface area contributed by atoms with Crippen molar-refractivity contribution in [2.45, 2.75) is 0 Å². The summed E-state index contributed by atoms with van der Waals surface area (Å²) in [6.07, 6.45) is 7.77. The summed E-state index contributed by atoms with van der Waals surface area (Å²) in [4.78, 5) is 3.60. The average Bonchev–Trinajstić information content (AvgIpc) is 2.15. The van der Waals surface area contributed by atoms with E-state index in [1.165, 1.54) is 0 Å². The van der Waals surface area contributed by atoms with Gasteiger partial charge in [-0.15, -0.1) is 0 Å². The smallest absolute Gasteiger partial charge is 0.418 e. The van der Waals surface area contributed by atoms with E-state index < -0.39 is 7.25 Å². The van der Waals surface area contributed by atoms with E-state index in [2.05, 4.69) is 0 Å². The first kappa shape index (κ1) is 14.4. The zero-order valence-corrected chi connectivity index (χ0v) is 8.87. The van der Waals surface area contributed by atoms with E-state index in [1.54, 1.807) is 11.1 Å². The lowest BCUT2D eigenvalue weighted by Crippen LogP contribution is -2.18. The molecule has 1 aliphatic heterocycles. The van der Waals surface area contributed by atoms with Crippen LogP contribution in [-0.2, 0) is 0 Å². The molecule has 0 aliphatic carbocycles. The van der Waals surface area contributed by atoms with Gasteiger partial charge in [0.05, 0.1) is 6.54 Å². The Balaban J connectivity index is 0.000000385. The van der Waals surface area contributed by atoms with Gasteiger partial charge in [0.15, 0.2) is 6.19 Å². The quantitative estimate of drug-likeness (QED) is 0.396. The van der Waals surface area contributed by atoms with Crippen LogP contribution >= 0.6 is 0 Å². The fourth-order valence-electron chi connectivity index (χ4n) is 0.893. The Morgan fingerprint density at radius 1 is 1.38 bits per heavy atom. The molecule has 0 saturated carbocycles. The van der Waals surface area contributed by atoms with Crippen molar-refractivity contribution in [2.24, 2.45) is 0 Å². The summed E-state index contributed by atoms with van der Waals surface area (Å²) >= 11 is 0. The van der Waals surface area contributed by atoms with Crippen molar-refractivity contribution < 1.29 is 17.3 Å². The van der Waals surface area contributed by atoms with Gasteiger partial charge in [-0.2, -0.15) is 5.26 Å². The molecule has 0 radical (unpaired) electrons. The fourth-order valence-corrected chi connectivity index (χ4v) is 0.893. The van der Waals surface area contributed by atoms with Gasteiger partial charge in [-0.25, -0.2) is 0 Å². The highest BCUT2D eigenvalue weighted by Gasteiger charge is 2.20. The van der Waals surface area contributed by atoms with Crippen LogP contribution in [-0.4, -0.2) is 37.7 Å². The first-order valence-electron chi connectivity index (χ1n) is 4.33. The van der Waals surface area contributed by atoms with E-state index in [4.69, 9.17) is 5.26 Å². The van der Waals surface area contributed by atoms with Gasteiger partial charge in [-0.05, 0) is 12.2 Å². The van der Waals surface area contributed by atoms with Gasteiger partial charge in [-0.1, -0.05) is 0 Å². The minimum absolute atomic E-state index is 0.681. The standard InChI is InChI=1S/C8H11N3.BF4/c1-10(2)8-3-5-11(7-9)6-4-8;2-1(3,4)5/h3-5H,6H2,1-2H3;/q;-1. The van der Waals surface area contributed by atoms with E-state index in [9.17, 15) is 17.3 Å². The summed E-state index contributed by atoms with van der Waals surface area (Å²) in [6, 6.07) is 0. The zero-order chi connectivity index (χ0) is 12.8. The van der Waals surface area contributed by atoms with Crippen LogP contribution in [0.2, 0.25) is 0 Å². The number of allylic oxidation sites excluding steroid dienone is 1. The minimum atomic E-state index is -6.00. The second-order valence-corrected chi connectivity index (χ2v) is 3.09. The minimum Gasteiger partial charge on any atom is -0.418 e. The molecule has 16 heavy (non-hydrogen) atoms. The third-order valence-corrected chi connectivity index (χ3v) is 1.57. The molecule has 0 spiro atoms. The molecule has 0 atom stereocenters. The van der Waals surface area contributed by atoms with Crippen molar-refractivity contribution >= 4 is 7.25 Å². The van der Waals surface area contributed by atoms with Gasteiger partial charge in [0, 0.05) is 26.0 Å². The number of nitriles is 1. The van der Waals surface area contributed by atoms with Crippen molar-refractivity contribution in [1.29, 1.82) is 5.26 Å². The van der Waals surface area contributed by atoms with Gasteiger partial charge < -0.3 is 22.2 Å². The van der Waals surface area contributed by atoms with Crippen LogP contribution in [0.15, 0.2) is 24.0 Å². The summed E-state index contributed by atoms with van der Waals surface area (Å²) < 4.78 is 39.0. The molecule has 90 valence electrons. The second-order valence-electron chi connectivity index (χ2n) is 3.09. The maximum Gasteiger partial charge on any atom is 0.673 e. The van der Waals surface area contributed by atoms with Gasteiger partial charge in [0.25, 0.3) is 0 Å². The molecule has 0 N–H and O–H groups in total. The van der Waals surface area contributed by atoms with Crippen LogP contribution in [0.25, 0.3) is 0 Å². The highest BCUT2D eigenvalue weighted by atomic mass is 19.5. The van der Waals surface area contributed by atoms with Crippen LogP contribution < -0.4 is 0 Å². The van der Waals surface area contributed by atoms with Crippen LogP contribution in [0.1, 0.15) is 0 Å². The van der Waals surface area contributed by atoms with Crippen molar-refractivity contribution in [1.82, 2.24) is 9.80 Å². The largest absolute Gasteiger partial charge is 0.673 e. The van der Waals surface area contributed by atoms with Crippen LogP contribution in [0, 0.1) is 11.5 Å². The number of halogens is 4. The predicted molar refractivity (Wildman–Crippen MR) is 53.4 cm³/mol. The molecule has 1 rings (SSSR count). The molecule has 0 aromatic heterocycles. The van der Waals surface area contributed by atoms with E-state index in [0.29, 0.717) is 6.54 Å². The summed E-state index contributed by atoms with van der Waals surface area (Å²) in [7, 11) is -2.03. The lowest BCUT2D eigenvalue weighted by Gasteiger charge is -2.19. The predicted octanol–water partition coefficient (Wildman–Crippen LogP) is 2.04. The van der Waals surface area contributed by atoms with E-state index in [1.807, 2.05) is 37.3 Å². The topological polar surface area (TPSA) is 30.3 Å². The van der Waals surface area contributed by atoms with E-state index in [-0.39, 0.29) is 0 Å². The molecule has 3 nitrogen and oxygen atoms in total. The fraction of sp³-hybridized carbons (Fsp3) is 0.375. The highest BCUT2D eigenvalue weighted by molar-refractivity contribution is 6.50. The first-order valence-corrected chi connectivity index (χ1v) is 4.33. The van der Waals surface area contributed by atoms with Crippen molar-refractivity contribution in [2.75, 3.05) is 20.6 Å². The Morgan fingerprint density at radius 3 is 2.12 bits per heavy atom. The Labute approximate surface area is 91.3 Å². The maximum atomic E-state index is 9.75. The number of hydrogen-bond acceptors (Lipinski definition) is 3. The Hall–Kier alpha value is -1.65. The lowest BCUT2D eigenvalue weighted by atomic mass is 10.3. The molecule has 0 aromatic carbocycles. The molecular weight excluding hydrogens is 225 g/mol. The molecule has 1 aliphatic rings. The number of hydrogen-bond donors (Lipinski definition) is 0. The second kappa shape index (κ2) is 6.05. The molecule has 0 aromatic rings. The highest BCUT2D eigenvalue weighted by Crippen LogP contribution is 2.07. The number of likely N-dealkylation sites (N-methyl/N-ethyl adjacent to an activating group) is 1. The van der Waals surface area contributed by atoms with Crippen LogP contribution in [0.3, 0.4) is 0 Å². The summed E-state index contributed by atoms with van der Waals surface area (Å²) in [6.45, 7) is 0.681. The maximum absolute atomic E-state index is 9.75. The monoisotopic (exact) mass is 236 g/mol. The molecule has 0 bridgehead atoms. The Morgan fingerprint density at radius 2 is 1.88 bits per heavy atom. The average molecular weight is 236 g/mol. The van der Waals surface area contributed by atoms with Gasteiger partial charge in [0.1, 0.15) is 0 Å². The third-order valence-electron chi connectivity index (χ3n) is 1.57. The normalized spacial score (nSPS) is 14.6. The molecule has 0 saturated heterocycles. The van der Waals surface area contributed by atoms with Crippen molar-refractivity contribution in [3.8, 4) is 6.19 Å². The third kappa shape index (κ3) is 7.73. The molecular formula is C8H11BF4N3-. The van der Waals surface area contributed by atoms with Crippen LogP contribution in [0.4, 0.5) is 17.3 Å². The lowest BCUT2D eigenvalue weighted by molar-refractivity contribution is 0.368. The molecule has 0 fully saturated rings. The Kier molecular flexibility index (Phi) is 5.43. The zero-order valence-electron chi connectivity index (χ0n) is 8.87. The van der Waals surface area contributed by atoms with Crippen molar-refractivity contribution in [3.05, 3.63) is 24.0 Å². The number of nitrogens with zero attached hydrogens (tertiary/aromatic N) is 3. The number of rotatable bonds is 1. The van der Waals surface area contributed by atoms with Crippen molar-refractivity contribution in [3.63, 3.8) is 0 Å². The summed E-state index contributed by atoms with van der Waals surface area (Å²) in [5.74, 6) is 0. The first-order chi connectivity index (χ1) is 7.24. The van der Waals surface area contributed by atoms with E-state index in [0.717, 1.165) is 5.70 Å². The SMILES string of the molecule is CN(C)C1=CCN(C#N)C=C1.F[B-](F)(F)F. The van der Waals surface area contributed by atoms with E-state index >= 15 is 0 Å². The van der Waals surface area contributed by atoms with Gasteiger partial charge in [-0.3, -0.25) is 4.90 Å². The molecule has 8 heteroatoms. The summed E-state index contributed by atoms with van der Waals surface area (Å²) in [5.41, 5.74) is 1.15. The van der Waals surface area contributed by atoms with Gasteiger partial charge in [0.2, 0.25) is 0 Å². The molecule has 0 amide bonds. The molecule has 1 heterocycles. The summed E-state index contributed by atoms with van der Waals surface area (Å²) in [5, 5.41) is 8.50. The van der Waals surface area contributed by atoms with Crippen LogP contribution in [0.5, 0.6) is 0 Å². The molecule has 0 unspecified atom stereocenters. The van der Waals surface area contributed by atoms with Gasteiger partial charge >= 0.3 is 7.25 Å². The Bertz CT molecular complexity index is 310.